The van der Waals surface area contributed by atoms with Crippen LogP contribution in [0.25, 0.3) is 0 Å². The summed E-state index contributed by atoms with van der Waals surface area (Å²) in [5.41, 5.74) is 1.38. The average molecular weight is 248 g/mol. The lowest BCUT2D eigenvalue weighted by Crippen LogP contribution is -2.56. The van der Waals surface area contributed by atoms with Gasteiger partial charge < -0.3 is 4.74 Å². The van der Waals surface area contributed by atoms with Gasteiger partial charge >= 0.3 is 0 Å². The first-order valence-corrected chi connectivity index (χ1v) is 8.09. The maximum Gasteiger partial charge on any atom is 0.0655 e. The van der Waals surface area contributed by atoms with Gasteiger partial charge in [0.25, 0.3) is 0 Å². The smallest absolute Gasteiger partial charge is 0.0655 e. The molecule has 5 aliphatic rings. The lowest BCUT2D eigenvalue weighted by molar-refractivity contribution is -0.211. The predicted molar refractivity (Wildman–Crippen MR) is 73.4 cm³/mol. The number of hydrogen-bond acceptors (Lipinski definition) is 1. The van der Waals surface area contributed by atoms with E-state index in [2.05, 4.69) is 20.8 Å². The molecule has 0 spiro atoms. The van der Waals surface area contributed by atoms with Crippen molar-refractivity contribution in [3.05, 3.63) is 0 Å². The standard InChI is InChI=1S/C17H28O/c1-15(2)13-5-4-12(10-13)14(15)17-8-6-16(3,7-9-17)18-11-17/h12-14H,4-11H2,1-3H3. The highest BCUT2D eigenvalue weighted by Crippen LogP contribution is 2.68. The molecule has 0 amide bonds. The fourth-order valence-electron chi connectivity index (χ4n) is 6.43. The summed E-state index contributed by atoms with van der Waals surface area (Å²) >= 11 is 0. The Morgan fingerprint density at radius 2 is 1.67 bits per heavy atom. The van der Waals surface area contributed by atoms with Crippen LogP contribution in [0.2, 0.25) is 0 Å². The molecule has 102 valence electrons. The van der Waals surface area contributed by atoms with Crippen molar-refractivity contribution in [2.45, 2.75) is 71.3 Å². The zero-order chi connectivity index (χ0) is 12.6. The Bertz CT molecular complexity index is 345. The molecule has 5 fully saturated rings. The zero-order valence-corrected chi connectivity index (χ0v) is 12.3. The van der Waals surface area contributed by atoms with Gasteiger partial charge in [-0.2, -0.15) is 0 Å². The van der Waals surface area contributed by atoms with Crippen molar-refractivity contribution in [1.82, 2.24) is 0 Å². The van der Waals surface area contributed by atoms with Crippen LogP contribution in [0.5, 0.6) is 0 Å². The van der Waals surface area contributed by atoms with Gasteiger partial charge in [0.2, 0.25) is 0 Å². The van der Waals surface area contributed by atoms with Gasteiger partial charge in [-0.15, -0.1) is 0 Å². The third kappa shape index (κ3) is 1.32. The molecule has 2 aliphatic heterocycles. The highest BCUT2D eigenvalue weighted by atomic mass is 16.5. The second-order valence-corrected chi connectivity index (χ2v) is 8.67. The normalized spacial score (nSPS) is 57.2. The molecular weight excluding hydrogens is 220 g/mol. The highest BCUT2D eigenvalue weighted by Gasteiger charge is 2.62. The van der Waals surface area contributed by atoms with Crippen LogP contribution >= 0.6 is 0 Å². The Balaban J connectivity index is 1.67. The van der Waals surface area contributed by atoms with E-state index in [4.69, 9.17) is 4.74 Å². The van der Waals surface area contributed by atoms with Gasteiger partial charge in [-0.1, -0.05) is 13.8 Å². The minimum atomic E-state index is 0.240. The summed E-state index contributed by atoms with van der Waals surface area (Å²) in [5, 5.41) is 0. The van der Waals surface area contributed by atoms with Crippen LogP contribution in [0.1, 0.15) is 65.7 Å². The van der Waals surface area contributed by atoms with Crippen molar-refractivity contribution in [3.63, 3.8) is 0 Å². The van der Waals surface area contributed by atoms with E-state index in [-0.39, 0.29) is 5.60 Å². The van der Waals surface area contributed by atoms with Crippen LogP contribution < -0.4 is 0 Å². The first kappa shape index (κ1) is 11.8. The van der Waals surface area contributed by atoms with Crippen LogP contribution in [0.3, 0.4) is 0 Å². The summed E-state index contributed by atoms with van der Waals surface area (Å²) in [6.45, 7) is 8.54. The summed E-state index contributed by atoms with van der Waals surface area (Å²) in [6.07, 6.45) is 10.1. The third-order valence-electron chi connectivity index (χ3n) is 7.47. The average Bonchev–Trinajstić information content (AvgIpc) is 2.89. The minimum absolute atomic E-state index is 0.240. The molecule has 3 aliphatic carbocycles. The van der Waals surface area contributed by atoms with Crippen LogP contribution in [-0.4, -0.2) is 12.2 Å². The van der Waals surface area contributed by atoms with Crippen molar-refractivity contribution in [2.24, 2.45) is 28.6 Å². The van der Waals surface area contributed by atoms with Gasteiger partial charge in [-0.05, 0) is 80.5 Å². The molecule has 0 N–H and O–H groups in total. The van der Waals surface area contributed by atoms with Crippen LogP contribution in [0.15, 0.2) is 0 Å². The maximum atomic E-state index is 6.28. The molecule has 5 rings (SSSR count). The topological polar surface area (TPSA) is 9.23 Å². The van der Waals surface area contributed by atoms with Crippen molar-refractivity contribution >= 4 is 0 Å². The fourth-order valence-corrected chi connectivity index (χ4v) is 6.43. The van der Waals surface area contributed by atoms with E-state index >= 15 is 0 Å². The van der Waals surface area contributed by atoms with Crippen molar-refractivity contribution < 1.29 is 4.74 Å². The van der Waals surface area contributed by atoms with Crippen molar-refractivity contribution in [2.75, 3.05) is 6.61 Å². The molecule has 0 aromatic heterocycles. The lowest BCUT2D eigenvalue weighted by atomic mass is 9.51. The van der Waals surface area contributed by atoms with E-state index < -0.39 is 0 Å². The molecule has 3 saturated carbocycles. The van der Waals surface area contributed by atoms with E-state index in [1.807, 2.05) is 0 Å². The lowest BCUT2D eigenvalue weighted by Gasteiger charge is -2.59. The number of fused-ring (bicyclic) bond motifs is 5. The van der Waals surface area contributed by atoms with E-state index in [1.165, 1.54) is 44.9 Å². The minimum Gasteiger partial charge on any atom is -0.375 e. The van der Waals surface area contributed by atoms with Crippen LogP contribution in [0, 0.1) is 28.6 Å². The second-order valence-electron chi connectivity index (χ2n) is 8.67. The molecule has 3 atom stereocenters. The number of hydrogen-bond donors (Lipinski definition) is 0. The van der Waals surface area contributed by atoms with Gasteiger partial charge in [-0.3, -0.25) is 0 Å². The Morgan fingerprint density at radius 3 is 2.17 bits per heavy atom. The molecule has 3 unspecified atom stereocenters. The summed E-state index contributed by atoms with van der Waals surface area (Å²) in [6, 6.07) is 0. The summed E-state index contributed by atoms with van der Waals surface area (Å²) in [4.78, 5) is 0. The highest BCUT2D eigenvalue weighted by molar-refractivity contribution is 5.11. The first-order valence-electron chi connectivity index (χ1n) is 8.09. The van der Waals surface area contributed by atoms with Gasteiger partial charge in [0.1, 0.15) is 0 Å². The van der Waals surface area contributed by atoms with Crippen molar-refractivity contribution in [3.8, 4) is 0 Å². The zero-order valence-electron chi connectivity index (χ0n) is 12.3. The largest absolute Gasteiger partial charge is 0.375 e. The van der Waals surface area contributed by atoms with Crippen LogP contribution in [-0.2, 0) is 4.74 Å². The monoisotopic (exact) mass is 248 g/mol. The Morgan fingerprint density at radius 1 is 0.944 bits per heavy atom. The Labute approximate surface area is 112 Å². The second kappa shape index (κ2) is 3.34. The van der Waals surface area contributed by atoms with Gasteiger partial charge in [0.05, 0.1) is 12.2 Å². The Hall–Kier alpha value is -0.0400. The predicted octanol–water partition coefficient (Wildman–Crippen LogP) is 4.41. The van der Waals surface area contributed by atoms with E-state index in [1.54, 1.807) is 0 Å². The third-order valence-corrected chi connectivity index (χ3v) is 7.47. The van der Waals surface area contributed by atoms with Gasteiger partial charge in [-0.25, -0.2) is 0 Å². The maximum absolute atomic E-state index is 6.28. The molecule has 0 radical (unpaired) electrons. The Kier molecular flexibility index (Phi) is 2.18. The molecule has 1 heteroatoms. The van der Waals surface area contributed by atoms with Crippen molar-refractivity contribution in [1.29, 1.82) is 0 Å². The number of ether oxygens (including phenoxy) is 1. The molecule has 2 saturated heterocycles. The van der Waals surface area contributed by atoms with E-state index in [0.29, 0.717) is 10.8 Å². The molecule has 2 heterocycles. The molecule has 1 nitrogen and oxygen atoms in total. The molecule has 4 bridgehead atoms. The van der Waals surface area contributed by atoms with Gasteiger partial charge in [0, 0.05) is 0 Å². The molecule has 0 aromatic rings. The summed E-state index contributed by atoms with van der Waals surface area (Å²) in [5.74, 6) is 2.99. The number of rotatable bonds is 1. The fraction of sp³-hybridized carbons (Fsp3) is 1.00. The quantitative estimate of drug-likeness (QED) is 0.668. The molecular formula is C17H28O. The van der Waals surface area contributed by atoms with Crippen LogP contribution in [0.4, 0.5) is 0 Å². The van der Waals surface area contributed by atoms with Gasteiger partial charge in [0.15, 0.2) is 0 Å². The van der Waals surface area contributed by atoms with E-state index in [9.17, 15) is 0 Å². The molecule has 0 aromatic carbocycles. The summed E-state index contributed by atoms with van der Waals surface area (Å²) < 4.78 is 6.28. The SMILES string of the molecule is CC12CCC(C3C4CCC(C4)C3(C)C)(CC1)CO2. The first-order chi connectivity index (χ1) is 8.45. The molecule has 18 heavy (non-hydrogen) atoms. The van der Waals surface area contributed by atoms with E-state index in [0.717, 1.165) is 24.4 Å². The summed E-state index contributed by atoms with van der Waals surface area (Å²) in [7, 11) is 0.